The molecule has 0 radical (unpaired) electrons. The van der Waals surface area contributed by atoms with E-state index in [0.29, 0.717) is 35.1 Å². The molecule has 0 aliphatic carbocycles. The number of carbonyl (C=O) groups excluding carboxylic acids is 1. The fourth-order valence-corrected chi connectivity index (χ4v) is 2.00. The van der Waals surface area contributed by atoms with Crippen LogP contribution in [0.2, 0.25) is 5.02 Å². The molecule has 1 aromatic heterocycles. The molecule has 6 heteroatoms. The summed E-state index contributed by atoms with van der Waals surface area (Å²) in [5.41, 5.74) is 6.50. The Kier molecular flexibility index (Phi) is 4.85. The average molecular weight is 304 g/mol. The topological polar surface area (TPSA) is 83.3 Å². The number of carbonyl (C=O) groups is 1. The zero-order chi connectivity index (χ0) is 15.2. The Bertz CT molecular complexity index is 662. The van der Waals surface area contributed by atoms with Gasteiger partial charge in [-0.05, 0) is 30.3 Å². The molecule has 2 N–H and O–H groups in total. The lowest BCUT2D eigenvalue weighted by Crippen LogP contribution is -2.31. The van der Waals surface area contributed by atoms with Crippen molar-refractivity contribution in [1.29, 1.82) is 5.26 Å². The first-order chi connectivity index (χ1) is 10.1. The molecule has 0 bridgehead atoms. The number of nitrogens with zero attached hydrogens (tertiary/aromatic N) is 2. The van der Waals surface area contributed by atoms with E-state index in [4.69, 9.17) is 27.0 Å². The summed E-state index contributed by atoms with van der Waals surface area (Å²) >= 11 is 5.86. The summed E-state index contributed by atoms with van der Waals surface area (Å²) in [7, 11) is 0. The number of nitrogens with two attached hydrogens (primary N) is 1. The van der Waals surface area contributed by atoms with Gasteiger partial charge in [-0.1, -0.05) is 11.6 Å². The van der Waals surface area contributed by atoms with Gasteiger partial charge < -0.3 is 15.1 Å². The third kappa shape index (κ3) is 3.77. The highest BCUT2D eigenvalue weighted by molar-refractivity contribution is 6.33. The lowest BCUT2D eigenvalue weighted by molar-refractivity contribution is 0.0735. The van der Waals surface area contributed by atoms with E-state index >= 15 is 0 Å². The maximum absolute atomic E-state index is 12.5. The minimum Gasteiger partial charge on any atom is -0.467 e. The summed E-state index contributed by atoms with van der Waals surface area (Å²) in [6.45, 7) is 0.620. The van der Waals surface area contributed by atoms with Crippen LogP contribution < -0.4 is 5.73 Å². The molecule has 1 aromatic carbocycles. The zero-order valence-corrected chi connectivity index (χ0v) is 12.0. The predicted octanol–water partition coefficient (Wildman–Crippen LogP) is 3.07. The molecular weight excluding hydrogens is 290 g/mol. The van der Waals surface area contributed by atoms with Crippen molar-refractivity contribution in [3.05, 3.63) is 52.9 Å². The van der Waals surface area contributed by atoms with Gasteiger partial charge in [0.2, 0.25) is 0 Å². The van der Waals surface area contributed by atoms with Crippen LogP contribution in [-0.4, -0.2) is 17.4 Å². The summed E-state index contributed by atoms with van der Waals surface area (Å²) in [4.78, 5) is 14.1. The average Bonchev–Trinajstić information content (AvgIpc) is 2.98. The molecular formula is C15H14ClN3O2. The highest BCUT2D eigenvalue weighted by Gasteiger charge is 2.17. The quantitative estimate of drug-likeness (QED) is 0.860. The Hall–Kier alpha value is -2.45. The summed E-state index contributed by atoms with van der Waals surface area (Å²) in [6, 6.07) is 10.3. The van der Waals surface area contributed by atoms with E-state index in [1.807, 2.05) is 6.07 Å². The normalized spacial score (nSPS) is 10.1. The summed E-state index contributed by atoms with van der Waals surface area (Å²) in [5, 5.41) is 9.13. The van der Waals surface area contributed by atoms with E-state index < -0.39 is 0 Å². The molecule has 0 aliphatic heterocycles. The number of nitrogen functional groups attached to an aromatic ring is 1. The van der Waals surface area contributed by atoms with Crippen LogP contribution in [0.25, 0.3) is 0 Å². The van der Waals surface area contributed by atoms with Crippen molar-refractivity contribution in [3.8, 4) is 6.07 Å². The van der Waals surface area contributed by atoms with Gasteiger partial charge >= 0.3 is 0 Å². The van der Waals surface area contributed by atoms with E-state index in [9.17, 15) is 4.79 Å². The molecule has 2 rings (SSSR count). The summed E-state index contributed by atoms with van der Waals surface area (Å²) in [6.07, 6.45) is 1.79. The minimum atomic E-state index is -0.218. The molecule has 5 nitrogen and oxygen atoms in total. The zero-order valence-electron chi connectivity index (χ0n) is 11.3. The van der Waals surface area contributed by atoms with Crippen molar-refractivity contribution >= 4 is 23.2 Å². The van der Waals surface area contributed by atoms with Crippen molar-refractivity contribution < 1.29 is 9.21 Å². The fourth-order valence-electron chi connectivity index (χ4n) is 1.89. The first-order valence-corrected chi connectivity index (χ1v) is 6.73. The number of nitriles is 1. The first kappa shape index (κ1) is 14.9. The molecule has 2 aromatic rings. The smallest absolute Gasteiger partial charge is 0.254 e. The predicted molar refractivity (Wildman–Crippen MR) is 79.5 cm³/mol. The second-order valence-electron chi connectivity index (χ2n) is 4.45. The van der Waals surface area contributed by atoms with Crippen LogP contribution in [0, 0.1) is 11.3 Å². The molecule has 0 aliphatic rings. The van der Waals surface area contributed by atoms with Gasteiger partial charge in [0.05, 0.1) is 36.0 Å². The Morgan fingerprint density at radius 1 is 1.43 bits per heavy atom. The molecule has 0 spiro atoms. The monoisotopic (exact) mass is 303 g/mol. The van der Waals surface area contributed by atoms with E-state index in [-0.39, 0.29) is 12.3 Å². The van der Waals surface area contributed by atoms with E-state index in [1.165, 1.54) is 6.07 Å². The molecule has 21 heavy (non-hydrogen) atoms. The van der Waals surface area contributed by atoms with Crippen LogP contribution in [0.3, 0.4) is 0 Å². The van der Waals surface area contributed by atoms with Crippen LogP contribution in [0.5, 0.6) is 0 Å². The second-order valence-corrected chi connectivity index (χ2v) is 4.86. The molecule has 108 valence electrons. The number of amides is 1. The Labute approximate surface area is 127 Å². The number of furan rings is 1. The standard InChI is InChI=1S/C15H14ClN3O2/c16-13-5-4-11(9-14(13)18)15(20)19(7-2-6-17)10-12-3-1-8-21-12/h1,3-5,8-9H,2,7,10,18H2. The molecule has 0 unspecified atom stereocenters. The van der Waals surface area contributed by atoms with Gasteiger partial charge in [-0.2, -0.15) is 5.26 Å². The summed E-state index contributed by atoms with van der Waals surface area (Å²) < 4.78 is 5.25. The summed E-state index contributed by atoms with van der Waals surface area (Å²) in [5.74, 6) is 0.438. The molecule has 0 saturated heterocycles. The van der Waals surface area contributed by atoms with Gasteiger partial charge in [-0.3, -0.25) is 4.79 Å². The van der Waals surface area contributed by atoms with Crippen molar-refractivity contribution in [3.63, 3.8) is 0 Å². The fraction of sp³-hybridized carbons (Fsp3) is 0.200. The van der Waals surface area contributed by atoms with Crippen LogP contribution in [-0.2, 0) is 6.54 Å². The maximum Gasteiger partial charge on any atom is 0.254 e. The number of rotatable bonds is 5. The Morgan fingerprint density at radius 2 is 2.24 bits per heavy atom. The number of halogens is 1. The van der Waals surface area contributed by atoms with Crippen LogP contribution in [0.1, 0.15) is 22.5 Å². The van der Waals surface area contributed by atoms with Crippen LogP contribution in [0.15, 0.2) is 41.0 Å². The van der Waals surface area contributed by atoms with Crippen molar-refractivity contribution in [1.82, 2.24) is 4.90 Å². The van der Waals surface area contributed by atoms with Crippen molar-refractivity contribution in [2.75, 3.05) is 12.3 Å². The third-order valence-electron chi connectivity index (χ3n) is 2.95. The SMILES string of the molecule is N#CCCN(Cc1ccco1)C(=O)c1ccc(Cl)c(N)c1. The van der Waals surface area contributed by atoms with Crippen LogP contribution >= 0.6 is 11.6 Å². The number of hydrogen-bond acceptors (Lipinski definition) is 4. The van der Waals surface area contributed by atoms with Gasteiger partial charge in [0.15, 0.2) is 0 Å². The van der Waals surface area contributed by atoms with Gasteiger partial charge in [0.1, 0.15) is 5.76 Å². The third-order valence-corrected chi connectivity index (χ3v) is 3.29. The largest absolute Gasteiger partial charge is 0.467 e. The Morgan fingerprint density at radius 3 is 2.86 bits per heavy atom. The van der Waals surface area contributed by atoms with E-state index in [0.717, 1.165) is 0 Å². The number of anilines is 1. The second kappa shape index (κ2) is 6.82. The lowest BCUT2D eigenvalue weighted by Gasteiger charge is -2.20. The van der Waals surface area contributed by atoms with Gasteiger partial charge in [-0.15, -0.1) is 0 Å². The molecule has 1 heterocycles. The molecule has 0 saturated carbocycles. The number of benzene rings is 1. The van der Waals surface area contributed by atoms with Gasteiger partial charge in [0.25, 0.3) is 5.91 Å². The highest BCUT2D eigenvalue weighted by atomic mass is 35.5. The van der Waals surface area contributed by atoms with Crippen LogP contribution in [0.4, 0.5) is 5.69 Å². The van der Waals surface area contributed by atoms with Gasteiger partial charge in [-0.25, -0.2) is 0 Å². The van der Waals surface area contributed by atoms with E-state index in [2.05, 4.69) is 0 Å². The van der Waals surface area contributed by atoms with Crippen molar-refractivity contribution in [2.45, 2.75) is 13.0 Å². The molecule has 0 atom stereocenters. The molecule has 0 fully saturated rings. The van der Waals surface area contributed by atoms with Gasteiger partial charge in [0, 0.05) is 12.1 Å². The van der Waals surface area contributed by atoms with Crippen molar-refractivity contribution in [2.24, 2.45) is 0 Å². The highest BCUT2D eigenvalue weighted by Crippen LogP contribution is 2.21. The Balaban J connectivity index is 2.20. The number of hydrogen-bond donors (Lipinski definition) is 1. The maximum atomic E-state index is 12.5. The first-order valence-electron chi connectivity index (χ1n) is 6.35. The molecule has 1 amide bonds. The lowest BCUT2D eigenvalue weighted by atomic mass is 10.1. The van der Waals surface area contributed by atoms with E-state index in [1.54, 1.807) is 35.4 Å². The minimum absolute atomic E-state index is 0.218.